The molecule has 29 heavy (non-hydrogen) atoms. The van der Waals surface area contributed by atoms with Crippen molar-refractivity contribution in [3.8, 4) is 0 Å². The Morgan fingerprint density at radius 3 is 2.52 bits per heavy atom. The van der Waals surface area contributed by atoms with E-state index in [0.29, 0.717) is 18.2 Å². The van der Waals surface area contributed by atoms with Crippen LogP contribution in [0.4, 0.5) is 5.69 Å². The molecule has 0 aliphatic heterocycles. The fraction of sp³-hybridized carbons (Fsp3) is 0.409. The van der Waals surface area contributed by atoms with Crippen molar-refractivity contribution in [2.75, 3.05) is 11.3 Å². The highest BCUT2D eigenvalue weighted by atomic mass is 35.5. The van der Waals surface area contributed by atoms with Crippen molar-refractivity contribution in [1.82, 2.24) is 5.32 Å². The number of benzene rings is 2. The molecule has 5 nitrogen and oxygen atoms in total. The van der Waals surface area contributed by atoms with E-state index in [-0.39, 0.29) is 21.4 Å². The van der Waals surface area contributed by atoms with Gasteiger partial charge < -0.3 is 5.32 Å². The molecule has 0 saturated heterocycles. The largest absolute Gasteiger partial charge is 0.352 e. The molecule has 0 radical (unpaired) electrons. The maximum Gasteiger partial charge on any atom is 0.263 e. The lowest BCUT2D eigenvalue weighted by molar-refractivity contribution is 0.0945. The van der Waals surface area contributed by atoms with Crippen LogP contribution in [0, 0.1) is 12.8 Å². The summed E-state index contributed by atoms with van der Waals surface area (Å²) in [5, 5.41) is 2.99. The van der Waals surface area contributed by atoms with Gasteiger partial charge in [0.05, 0.1) is 10.7 Å². The lowest BCUT2D eigenvalue weighted by atomic mass is 9.99. The zero-order chi connectivity index (χ0) is 21.4. The van der Waals surface area contributed by atoms with Crippen LogP contribution in [0.1, 0.15) is 55.5 Å². The molecule has 0 aliphatic carbocycles. The number of aryl methyl sites for hydroxylation is 1. The SMILES string of the molecule is CCCC[C@@H](CC)CNC(=O)c1ccc(Cl)c(S(=O)(=O)Nc2ccccc2C)c1. The molecule has 0 saturated carbocycles. The second kappa shape index (κ2) is 10.6. The number of unbranched alkanes of at least 4 members (excludes halogenated alkanes) is 1. The predicted molar refractivity (Wildman–Crippen MR) is 119 cm³/mol. The summed E-state index contributed by atoms with van der Waals surface area (Å²) in [6.07, 6.45) is 4.30. The van der Waals surface area contributed by atoms with E-state index in [9.17, 15) is 13.2 Å². The van der Waals surface area contributed by atoms with Gasteiger partial charge in [0.1, 0.15) is 4.90 Å². The van der Waals surface area contributed by atoms with Gasteiger partial charge in [0, 0.05) is 12.1 Å². The molecule has 0 unspecified atom stereocenters. The number of carbonyl (C=O) groups is 1. The van der Waals surface area contributed by atoms with Gasteiger partial charge in [-0.1, -0.05) is 62.9 Å². The topological polar surface area (TPSA) is 75.3 Å². The molecule has 7 heteroatoms. The van der Waals surface area contributed by atoms with Gasteiger partial charge in [0.2, 0.25) is 0 Å². The van der Waals surface area contributed by atoms with Gasteiger partial charge in [0.25, 0.3) is 15.9 Å². The Morgan fingerprint density at radius 1 is 1.14 bits per heavy atom. The molecule has 158 valence electrons. The van der Waals surface area contributed by atoms with Crippen LogP contribution in [-0.4, -0.2) is 20.9 Å². The van der Waals surface area contributed by atoms with Gasteiger partial charge >= 0.3 is 0 Å². The van der Waals surface area contributed by atoms with E-state index < -0.39 is 10.0 Å². The summed E-state index contributed by atoms with van der Waals surface area (Å²) in [5.74, 6) is 0.112. The van der Waals surface area contributed by atoms with E-state index in [1.165, 1.54) is 18.2 Å². The fourth-order valence-corrected chi connectivity index (χ4v) is 4.68. The Labute approximate surface area is 178 Å². The predicted octanol–water partition coefficient (Wildman–Crippen LogP) is 5.40. The van der Waals surface area contributed by atoms with Gasteiger partial charge in [-0.3, -0.25) is 9.52 Å². The third kappa shape index (κ3) is 6.47. The second-order valence-electron chi connectivity index (χ2n) is 7.19. The third-order valence-electron chi connectivity index (χ3n) is 4.97. The molecule has 2 aromatic carbocycles. The summed E-state index contributed by atoms with van der Waals surface area (Å²) in [6.45, 7) is 6.64. The van der Waals surface area contributed by atoms with Crippen molar-refractivity contribution in [3.05, 3.63) is 58.6 Å². The van der Waals surface area contributed by atoms with Crippen LogP contribution < -0.4 is 10.0 Å². The summed E-state index contributed by atoms with van der Waals surface area (Å²) in [4.78, 5) is 12.5. The van der Waals surface area contributed by atoms with Crippen molar-refractivity contribution in [1.29, 1.82) is 0 Å². The van der Waals surface area contributed by atoms with E-state index in [1.807, 2.05) is 19.1 Å². The molecule has 0 heterocycles. The number of rotatable bonds is 10. The van der Waals surface area contributed by atoms with Crippen LogP contribution >= 0.6 is 11.6 Å². The molecule has 1 atom stereocenters. The van der Waals surface area contributed by atoms with Crippen molar-refractivity contribution >= 4 is 33.2 Å². The molecular formula is C22H29ClN2O3S. The summed E-state index contributed by atoms with van der Waals surface area (Å²) in [7, 11) is -3.93. The number of sulfonamides is 1. The van der Waals surface area contributed by atoms with E-state index >= 15 is 0 Å². The first-order valence-electron chi connectivity index (χ1n) is 9.94. The minimum atomic E-state index is -3.93. The van der Waals surface area contributed by atoms with Crippen LogP contribution in [0.5, 0.6) is 0 Å². The molecule has 2 N–H and O–H groups in total. The van der Waals surface area contributed by atoms with Crippen molar-refractivity contribution in [2.24, 2.45) is 5.92 Å². The van der Waals surface area contributed by atoms with Gasteiger partial charge in [-0.05, 0) is 49.1 Å². The summed E-state index contributed by atoms with van der Waals surface area (Å²) < 4.78 is 28.3. The van der Waals surface area contributed by atoms with E-state index in [0.717, 1.165) is 31.2 Å². The van der Waals surface area contributed by atoms with Crippen molar-refractivity contribution < 1.29 is 13.2 Å². The number of para-hydroxylation sites is 1. The zero-order valence-corrected chi connectivity index (χ0v) is 18.7. The van der Waals surface area contributed by atoms with Crippen LogP contribution in [0.25, 0.3) is 0 Å². The minimum absolute atomic E-state index is 0.0667. The molecular weight excluding hydrogens is 408 g/mol. The van der Waals surface area contributed by atoms with Crippen LogP contribution in [0.15, 0.2) is 47.4 Å². The number of carbonyl (C=O) groups excluding carboxylic acids is 1. The number of hydrogen-bond donors (Lipinski definition) is 2. The Bertz CT molecular complexity index is 945. The Kier molecular flexibility index (Phi) is 8.53. The standard InChI is InChI=1S/C22H29ClN2O3S/c1-4-6-10-17(5-2)15-24-22(26)18-12-13-19(23)21(14-18)29(27,28)25-20-11-8-7-9-16(20)3/h7-9,11-14,17,25H,4-6,10,15H2,1-3H3,(H,24,26)/t17-/m1/s1. The first kappa shape index (κ1) is 23.2. The molecule has 2 rings (SSSR count). The first-order valence-corrected chi connectivity index (χ1v) is 11.8. The maximum absolute atomic E-state index is 12.9. The minimum Gasteiger partial charge on any atom is -0.352 e. The van der Waals surface area contributed by atoms with Crippen LogP contribution in [0.3, 0.4) is 0 Å². The molecule has 2 aromatic rings. The molecule has 0 aliphatic rings. The summed E-state index contributed by atoms with van der Waals surface area (Å²) >= 11 is 6.15. The first-order chi connectivity index (χ1) is 13.8. The Hall–Kier alpha value is -2.05. The summed E-state index contributed by atoms with van der Waals surface area (Å²) in [6, 6.07) is 11.4. The van der Waals surface area contributed by atoms with E-state index in [1.54, 1.807) is 12.1 Å². The lowest BCUT2D eigenvalue weighted by Gasteiger charge is -2.16. The molecule has 0 fully saturated rings. The van der Waals surface area contributed by atoms with E-state index in [2.05, 4.69) is 23.9 Å². The monoisotopic (exact) mass is 436 g/mol. The number of anilines is 1. The second-order valence-corrected chi connectivity index (χ2v) is 9.25. The number of amides is 1. The van der Waals surface area contributed by atoms with Gasteiger partial charge in [-0.25, -0.2) is 8.42 Å². The van der Waals surface area contributed by atoms with Crippen LogP contribution in [-0.2, 0) is 10.0 Å². The highest BCUT2D eigenvalue weighted by Gasteiger charge is 2.21. The van der Waals surface area contributed by atoms with E-state index in [4.69, 9.17) is 11.6 Å². The Balaban J connectivity index is 2.18. The molecule has 0 spiro atoms. The Morgan fingerprint density at radius 2 is 1.86 bits per heavy atom. The number of hydrogen-bond acceptors (Lipinski definition) is 3. The van der Waals surface area contributed by atoms with Crippen molar-refractivity contribution in [3.63, 3.8) is 0 Å². The normalized spacial score (nSPS) is 12.4. The van der Waals surface area contributed by atoms with Crippen LogP contribution in [0.2, 0.25) is 5.02 Å². The average Bonchev–Trinajstić information content (AvgIpc) is 2.69. The third-order valence-corrected chi connectivity index (χ3v) is 6.81. The number of nitrogens with one attached hydrogen (secondary N) is 2. The summed E-state index contributed by atoms with van der Waals surface area (Å²) in [5.41, 5.74) is 1.53. The van der Waals surface area contributed by atoms with Gasteiger partial charge in [0.15, 0.2) is 0 Å². The van der Waals surface area contributed by atoms with Crippen molar-refractivity contribution in [2.45, 2.75) is 51.3 Å². The molecule has 1 amide bonds. The smallest absolute Gasteiger partial charge is 0.263 e. The maximum atomic E-state index is 12.9. The van der Waals surface area contributed by atoms with Gasteiger partial charge in [-0.15, -0.1) is 0 Å². The fourth-order valence-electron chi connectivity index (χ4n) is 3.02. The zero-order valence-electron chi connectivity index (χ0n) is 17.2. The number of halogens is 1. The van der Waals surface area contributed by atoms with Gasteiger partial charge in [-0.2, -0.15) is 0 Å². The highest BCUT2D eigenvalue weighted by Crippen LogP contribution is 2.26. The highest BCUT2D eigenvalue weighted by molar-refractivity contribution is 7.92. The average molecular weight is 437 g/mol. The molecule has 0 bridgehead atoms. The molecule has 0 aromatic heterocycles. The lowest BCUT2D eigenvalue weighted by Crippen LogP contribution is -2.29. The quantitative estimate of drug-likeness (QED) is 0.523.